The molecular formula is C15H8ClF3N6O. The minimum absolute atomic E-state index is 0.0805. The second-order valence-corrected chi connectivity index (χ2v) is 5.70. The molecule has 0 N–H and O–H groups in total. The van der Waals surface area contributed by atoms with Crippen LogP contribution in [0.15, 0.2) is 35.0 Å². The van der Waals surface area contributed by atoms with Crippen molar-refractivity contribution < 1.29 is 17.6 Å². The van der Waals surface area contributed by atoms with E-state index in [9.17, 15) is 13.2 Å². The van der Waals surface area contributed by atoms with Crippen molar-refractivity contribution in [1.29, 1.82) is 0 Å². The van der Waals surface area contributed by atoms with Crippen LogP contribution in [0.25, 0.3) is 28.7 Å². The van der Waals surface area contributed by atoms with E-state index < -0.39 is 11.9 Å². The summed E-state index contributed by atoms with van der Waals surface area (Å²) >= 11 is 6.19. The van der Waals surface area contributed by atoms with Crippen molar-refractivity contribution in [3.63, 3.8) is 0 Å². The van der Waals surface area contributed by atoms with Crippen LogP contribution >= 0.6 is 11.6 Å². The topological polar surface area (TPSA) is 82.0 Å². The lowest BCUT2D eigenvalue weighted by Crippen LogP contribution is -2.13. The molecule has 0 radical (unpaired) electrons. The number of aryl methyl sites for hydroxylation is 1. The first kappa shape index (κ1) is 16.5. The van der Waals surface area contributed by atoms with Crippen LogP contribution in [0.5, 0.6) is 0 Å². The Kier molecular flexibility index (Phi) is 3.65. The van der Waals surface area contributed by atoms with Gasteiger partial charge in [0.05, 0.1) is 0 Å². The lowest BCUT2D eigenvalue weighted by atomic mass is 10.3. The lowest BCUT2D eigenvalue weighted by Gasteiger charge is -2.09. The smallest absolute Gasteiger partial charge is 0.414 e. The van der Waals surface area contributed by atoms with E-state index in [1.807, 2.05) is 0 Å². The SMILES string of the molecule is Cc1cc(C(F)(F)F)n2nc(-c3nnc(-c4ccncc4)o3)c(Cl)c2n1. The number of pyridine rings is 1. The highest BCUT2D eigenvalue weighted by molar-refractivity contribution is 6.35. The van der Waals surface area contributed by atoms with Gasteiger partial charge in [-0.2, -0.15) is 18.3 Å². The maximum absolute atomic E-state index is 13.3. The Hall–Kier alpha value is -3.01. The highest BCUT2D eigenvalue weighted by atomic mass is 35.5. The number of nitrogens with zero attached hydrogens (tertiary/aromatic N) is 6. The average Bonchev–Trinajstić information content (AvgIpc) is 3.20. The largest absolute Gasteiger partial charge is 0.433 e. The summed E-state index contributed by atoms with van der Waals surface area (Å²) in [7, 11) is 0. The van der Waals surface area contributed by atoms with E-state index in [0.29, 0.717) is 10.1 Å². The summed E-state index contributed by atoms with van der Waals surface area (Å²) in [4.78, 5) is 7.91. The van der Waals surface area contributed by atoms with E-state index in [0.717, 1.165) is 6.07 Å². The van der Waals surface area contributed by atoms with E-state index in [2.05, 4.69) is 25.3 Å². The van der Waals surface area contributed by atoms with E-state index in [4.69, 9.17) is 16.0 Å². The predicted molar refractivity (Wildman–Crippen MR) is 84.3 cm³/mol. The molecule has 0 aliphatic rings. The fourth-order valence-corrected chi connectivity index (χ4v) is 2.62. The molecule has 7 nitrogen and oxygen atoms in total. The Bertz CT molecular complexity index is 1110. The van der Waals surface area contributed by atoms with Gasteiger partial charge in [-0.3, -0.25) is 4.98 Å². The van der Waals surface area contributed by atoms with E-state index in [-0.39, 0.29) is 33.8 Å². The Balaban J connectivity index is 1.88. The van der Waals surface area contributed by atoms with Crippen molar-refractivity contribution in [2.75, 3.05) is 0 Å². The summed E-state index contributed by atoms with van der Waals surface area (Å²) in [5.74, 6) is 0.0498. The zero-order valence-corrected chi connectivity index (χ0v) is 13.7. The number of hydrogen-bond donors (Lipinski definition) is 0. The normalized spacial score (nSPS) is 12.0. The van der Waals surface area contributed by atoms with E-state index >= 15 is 0 Å². The zero-order chi connectivity index (χ0) is 18.5. The third-order valence-corrected chi connectivity index (χ3v) is 3.85. The number of hydrogen-bond acceptors (Lipinski definition) is 6. The number of fused-ring (bicyclic) bond motifs is 1. The lowest BCUT2D eigenvalue weighted by molar-refractivity contribution is -0.142. The number of aromatic nitrogens is 6. The second-order valence-electron chi connectivity index (χ2n) is 5.33. The fourth-order valence-electron chi connectivity index (χ4n) is 2.38. The molecule has 4 aromatic rings. The van der Waals surface area contributed by atoms with Gasteiger partial charge in [0.2, 0.25) is 5.89 Å². The average molecular weight is 381 g/mol. The molecule has 0 aromatic carbocycles. The molecule has 0 spiro atoms. The summed E-state index contributed by atoms with van der Waals surface area (Å²) < 4.78 is 46.0. The molecule has 26 heavy (non-hydrogen) atoms. The fraction of sp³-hybridized carbons (Fsp3) is 0.133. The van der Waals surface area contributed by atoms with Gasteiger partial charge in [0, 0.05) is 23.7 Å². The van der Waals surface area contributed by atoms with Gasteiger partial charge in [0.1, 0.15) is 10.7 Å². The molecular weight excluding hydrogens is 373 g/mol. The second kappa shape index (κ2) is 5.77. The van der Waals surface area contributed by atoms with Gasteiger partial charge in [-0.15, -0.1) is 10.2 Å². The maximum atomic E-state index is 13.3. The summed E-state index contributed by atoms with van der Waals surface area (Å²) in [5.41, 5.74) is -0.465. The monoisotopic (exact) mass is 380 g/mol. The molecule has 4 aromatic heterocycles. The minimum Gasteiger partial charge on any atom is -0.414 e. The molecule has 0 fully saturated rings. The van der Waals surface area contributed by atoms with Gasteiger partial charge < -0.3 is 4.42 Å². The van der Waals surface area contributed by atoms with Gasteiger partial charge in [0.25, 0.3) is 5.89 Å². The molecule has 11 heteroatoms. The van der Waals surface area contributed by atoms with Gasteiger partial charge in [0.15, 0.2) is 11.3 Å². The Morgan fingerprint density at radius 3 is 2.50 bits per heavy atom. The molecule has 0 saturated carbocycles. The highest BCUT2D eigenvalue weighted by Crippen LogP contribution is 2.35. The molecule has 0 atom stereocenters. The molecule has 0 aliphatic heterocycles. The summed E-state index contributed by atoms with van der Waals surface area (Å²) in [6.07, 6.45) is -1.55. The molecule has 0 unspecified atom stereocenters. The minimum atomic E-state index is -4.63. The van der Waals surface area contributed by atoms with Crippen molar-refractivity contribution >= 4 is 17.2 Å². The summed E-state index contributed by atoms with van der Waals surface area (Å²) in [5, 5.41) is 11.5. The summed E-state index contributed by atoms with van der Waals surface area (Å²) in [6.45, 7) is 1.44. The Labute approximate surface area is 148 Å². The van der Waals surface area contributed by atoms with Gasteiger partial charge in [-0.05, 0) is 25.1 Å². The molecule has 0 saturated heterocycles. The quantitative estimate of drug-likeness (QED) is 0.525. The maximum Gasteiger partial charge on any atom is 0.433 e. The molecule has 4 rings (SSSR count). The first-order valence-corrected chi connectivity index (χ1v) is 7.60. The van der Waals surface area contributed by atoms with Crippen molar-refractivity contribution in [1.82, 2.24) is 29.8 Å². The van der Waals surface area contributed by atoms with Crippen LogP contribution in [0.4, 0.5) is 13.2 Å². The number of rotatable bonds is 2. The molecule has 0 bridgehead atoms. The standard InChI is InChI=1S/C15H8ClF3N6O/c1-7-6-9(15(17,18)19)25-12(21-7)10(16)11(24-25)14-23-22-13(26-14)8-2-4-20-5-3-8/h2-6H,1H3. The molecule has 132 valence electrons. The van der Waals surface area contributed by atoms with Crippen LogP contribution in [0, 0.1) is 6.92 Å². The number of alkyl halides is 3. The molecule has 0 amide bonds. The van der Waals surface area contributed by atoms with E-state index in [1.165, 1.54) is 6.92 Å². The van der Waals surface area contributed by atoms with Gasteiger partial charge in [-0.25, -0.2) is 9.50 Å². The van der Waals surface area contributed by atoms with Crippen LogP contribution in [-0.4, -0.2) is 29.8 Å². The van der Waals surface area contributed by atoms with Crippen LogP contribution < -0.4 is 0 Å². The first-order valence-electron chi connectivity index (χ1n) is 7.22. The number of halogens is 4. The van der Waals surface area contributed by atoms with Crippen LogP contribution in [0.3, 0.4) is 0 Å². The third kappa shape index (κ3) is 2.68. The Morgan fingerprint density at radius 1 is 1.12 bits per heavy atom. The third-order valence-electron chi connectivity index (χ3n) is 3.51. The predicted octanol–water partition coefficient (Wildman–Crippen LogP) is 3.82. The summed E-state index contributed by atoms with van der Waals surface area (Å²) in [6, 6.07) is 4.18. The molecule has 0 aliphatic carbocycles. The van der Waals surface area contributed by atoms with Gasteiger partial charge in [-0.1, -0.05) is 11.6 Å². The van der Waals surface area contributed by atoms with Crippen molar-refractivity contribution in [2.24, 2.45) is 0 Å². The zero-order valence-electron chi connectivity index (χ0n) is 13.0. The molecule has 4 heterocycles. The van der Waals surface area contributed by atoms with Crippen molar-refractivity contribution in [3.8, 4) is 23.0 Å². The van der Waals surface area contributed by atoms with Crippen LogP contribution in [0.1, 0.15) is 11.4 Å². The van der Waals surface area contributed by atoms with Crippen LogP contribution in [-0.2, 0) is 6.18 Å². The first-order chi connectivity index (χ1) is 12.3. The van der Waals surface area contributed by atoms with Crippen LogP contribution in [0.2, 0.25) is 5.02 Å². The Morgan fingerprint density at radius 2 is 1.81 bits per heavy atom. The van der Waals surface area contributed by atoms with Crippen molar-refractivity contribution in [2.45, 2.75) is 13.1 Å². The highest BCUT2D eigenvalue weighted by Gasteiger charge is 2.36. The van der Waals surface area contributed by atoms with E-state index in [1.54, 1.807) is 24.5 Å². The van der Waals surface area contributed by atoms with Crippen molar-refractivity contribution in [3.05, 3.63) is 47.0 Å². The van der Waals surface area contributed by atoms with Gasteiger partial charge >= 0.3 is 6.18 Å².